The lowest BCUT2D eigenvalue weighted by atomic mass is 9.81. The fraction of sp³-hybridized carbons (Fsp3) is 0.667. The van der Waals surface area contributed by atoms with Crippen LogP contribution < -0.4 is 5.32 Å². The second-order valence-electron chi connectivity index (χ2n) is 5.81. The molecule has 2 unspecified atom stereocenters. The lowest BCUT2D eigenvalue weighted by Gasteiger charge is -2.25. The van der Waals surface area contributed by atoms with E-state index in [1.165, 1.54) is 5.56 Å². The molecule has 1 amide bonds. The molecular weight excluding hydrogens is 270 g/mol. The summed E-state index contributed by atoms with van der Waals surface area (Å²) in [4.78, 5) is 23.1. The third-order valence-electron chi connectivity index (χ3n) is 4.25. The number of carbonyl (C=O) groups excluding carboxylic acids is 1. The molecule has 0 radical (unpaired) electrons. The van der Waals surface area contributed by atoms with Crippen molar-refractivity contribution in [1.82, 2.24) is 15.5 Å². The van der Waals surface area contributed by atoms with E-state index in [0.717, 1.165) is 31.4 Å². The molecule has 21 heavy (non-hydrogen) atoms. The minimum Gasteiger partial charge on any atom is -0.481 e. The number of aromatic amines is 1. The monoisotopic (exact) mass is 293 g/mol. The fourth-order valence-corrected chi connectivity index (χ4v) is 2.91. The van der Waals surface area contributed by atoms with Crippen LogP contribution in [0.25, 0.3) is 0 Å². The molecule has 1 aromatic rings. The number of aryl methyl sites for hydroxylation is 2. The molecule has 0 saturated heterocycles. The first kappa shape index (κ1) is 15.5. The molecule has 2 rings (SSSR count). The van der Waals surface area contributed by atoms with Gasteiger partial charge >= 0.3 is 5.97 Å². The topological polar surface area (TPSA) is 95.1 Å². The van der Waals surface area contributed by atoms with Gasteiger partial charge in [-0.1, -0.05) is 6.42 Å². The highest BCUT2D eigenvalue weighted by atomic mass is 16.4. The van der Waals surface area contributed by atoms with E-state index in [4.69, 9.17) is 5.11 Å². The van der Waals surface area contributed by atoms with Crippen molar-refractivity contribution < 1.29 is 14.7 Å². The summed E-state index contributed by atoms with van der Waals surface area (Å²) >= 11 is 0. The predicted molar refractivity (Wildman–Crippen MR) is 77.7 cm³/mol. The van der Waals surface area contributed by atoms with Crippen LogP contribution in [0, 0.1) is 18.8 Å². The Bertz CT molecular complexity index is 498. The number of aromatic nitrogens is 2. The van der Waals surface area contributed by atoms with E-state index in [2.05, 4.69) is 15.5 Å². The zero-order chi connectivity index (χ0) is 15.2. The Kier molecular flexibility index (Phi) is 5.36. The highest BCUT2D eigenvalue weighted by Gasteiger charge is 2.30. The number of hydrogen-bond donors (Lipinski definition) is 3. The predicted octanol–water partition coefficient (Wildman–Crippen LogP) is 1.66. The quantitative estimate of drug-likeness (QED) is 0.695. The molecule has 1 aromatic heterocycles. The summed E-state index contributed by atoms with van der Waals surface area (Å²) in [6.07, 6.45) is 6.35. The summed E-state index contributed by atoms with van der Waals surface area (Å²) in [6.45, 7) is 2.60. The molecule has 0 aliphatic heterocycles. The van der Waals surface area contributed by atoms with Gasteiger partial charge in [-0.05, 0) is 44.6 Å². The Hall–Kier alpha value is -1.85. The van der Waals surface area contributed by atoms with E-state index >= 15 is 0 Å². The molecule has 1 aliphatic carbocycles. The van der Waals surface area contributed by atoms with Gasteiger partial charge in [0.1, 0.15) is 0 Å². The van der Waals surface area contributed by atoms with Crippen molar-refractivity contribution in [3.05, 3.63) is 17.5 Å². The molecule has 0 aromatic carbocycles. The number of amides is 1. The zero-order valence-electron chi connectivity index (χ0n) is 12.4. The van der Waals surface area contributed by atoms with Crippen molar-refractivity contribution in [2.24, 2.45) is 11.8 Å². The average molecular weight is 293 g/mol. The highest BCUT2D eigenvalue weighted by molar-refractivity contribution is 5.80. The molecule has 0 bridgehead atoms. The van der Waals surface area contributed by atoms with Crippen LogP contribution in [0.15, 0.2) is 6.20 Å². The maximum Gasteiger partial charge on any atom is 0.306 e. The van der Waals surface area contributed by atoms with Gasteiger partial charge in [-0.25, -0.2) is 0 Å². The van der Waals surface area contributed by atoms with Crippen LogP contribution >= 0.6 is 0 Å². The van der Waals surface area contributed by atoms with Crippen molar-refractivity contribution in [3.63, 3.8) is 0 Å². The number of carboxylic acid groups (broad SMARTS) is 1. The van der Waals surface area contributed by atoms with Gasteiger partial charge in [0.25, 0.3) is 0 Å². The average Bonchev–Trinajstić information content (AvgIpc) is 2.89. The molecule has 1 aliphatic rings. The largest absolute Gasteiger partial charge is 0.481 e. The standard InChI is InChI=1S/C15H23N3O3/c1-10-13(9-17-18-10)6-3-7-16-14(19)11-4-2-5-12(8-11)15(20)21/h9,11-12H,2-8H2,1H3,(H,16,19)(H,17,18)(H,20,21). The molecule has 1 saturated carbocycles. The van der Waals surface area contributed by atoms with Gasteiger partial charge < -0.3 is 10.4 Å². The van der Waals surface area contributed by atoms with E-state index in [1.807, 2.05) is 13.1 Å². The summed E-state index contributed by atoms with van der Waals surface area (Å²) in [7, 11) is 0. The summed E-state index contributed by atoms with van der Waals surface area (Å²) in [5, 5.41) is 18.8. The molecule has 1 fully saturated rings. The van der Waals surface area contributed by atoms with Crippen molar-refractivity contribution >= 4 is 11.9 Å². The van der Waals surface area contributed by atoms with Gasteiger partial charge in [0.05, 0.1) is 12.1 Å². The van der Waals surface area contributed by atoms with Crippen LogP contribution in [0.1, 0.15) is 43.4 Å². The summed E-state index contributed by atoms with van der Waals surface area (Å²) in [6, 6.07) is 0. The van der Waals surface area contributed by atoms with Crippen LogP contribution in [0.2, 0.25) is 0 Å². The van der Waals surface area contributed by atoms with Gasteiger partial charge in [0.2, 0.25) is 5.91 Å². The van der Waals surface area contributed by atoms with Crippen LogP contribution in [0.3, 0.4) is 0 Å². The summed E-state index contributed by atoms with van der Waals surface area (Å²) < 4.78 is 0. The Morgan fingerprint density at radius 2 is 2.19 bits per heavy atom. The van der Waals surface area contributed by atoms with E-state index in [9.17, 15) is 9.59 Å². The minimum absolute atomic E-state index is 0.00451. The lowest BCUT2D eigenvalue weighted by molar-refractivity contribution is -0.144. The fourth-order valence-electron chi connectivity index (χ4n) is 2.91. The summed E-state index contributed by atoms with van der Waals surface area (Å²) in [5.41, 5.74) is 2.24. The van der Waals surface area contributed by atoms with Crippen molar-refractivity contribution in [2.45, 2.75) is 45.4 Å². The second-order valence-corrected chi connectivity index (χ2v) is 5.81. The van der Waals surface area contributed by atoms with Crippen LogP contribution in [0.5, 0.6) is 0 Å². The Morgan fingerprint density at radius 1 is 1.43 bits per heavy atom. The number of carbonyl (C=O) groups is 2. The normalized spacial score (nSPS) is 22.0. The molecule has 116 valence electrons. The van der Waals surface area contributed by atoms with E-state index in [-0.39, 0.29) is 17.7 Å². The summed E-state index contributed by atoms with van der Waals surface area (Å²) in [5.74, 6) is -1.27. The lowest BCUT2D eigenvalue weighted by Crippen LogP contribution is -2.36. The number of nitrogens with one attached hydrogen (secondary N) is 2. The highest BCUT2D eigenvalue weighted by Crippen LogP contribution is 2.29. The molecule has 1 heterocycles. The van der Waals surface area contributed by atoms with Crippen LogP contribution in [-0.4, -0.2) is 33.7 Å². The van der Waals surface area contributed by atoms with Gasteiger partial charge in [-0.15, -0.1) is 0 Å². The van der Waals surface area contributed by atoms with E-state index < -0.39 is 5.97 Å². The smallest absolute Gasteiger partial charge is 0.306 e. The van der Waals surface area contributed by atoms with E-state index in [1.54, 1.807) is 0 Å². The first-order chi connectivity index (χ1) is 10.1. The maximum atomic E-state index is 12.1. The number of rotatable bonds is 6. The maximum absolute atomic E-state index is 12.1. The minimum atomic E-state index is -0.775. The van der Waals surface area contributed by atoms with Crippen molar-refractivity contribution in [2.75, 3.05) is 6.54 Å². The first-order valence-corrected chi connectivity index (χ1v) is 7.57. The molecular formula is C15H23N3O3. The SMILES string of the molecule is Cc1[nH]ncc1CCCNC(=O)C1CCCC(C(=O)O)C1. The molecule has 2 atom stereocenters. The molecule has 0 spiro atoms. The number of H-pyrrole nitrogens is 1. The second kappa shape index (κ2) is 7.24. The van der Waals surface area contributed by atoms with Gasteiger partial charge in [-0.3, -0.25) is 14.7 Å². The van der Waals surface area contributed by atoms with Crippen molar-refractivity contribution in [1.29, 1.82) is 0 Å². The molecule has 6 nitrogen and oxygen atoms in total. The number of hydrogen-bond acceptors (Lipinski definition) is 3. The third kappa shape index (κ3) is 4.31. The van der Waals surface area contributed by atoms with E-state index in [0.29, 0.717) is 19.4 Å². The molecule has 6 heteroatoms. The Labute approximate surface area is 124 Å². The van der Waals surface area contributed by atoms with Crippen LogP contribution in [-0.2, 0) is 16.0 Å². The third-order valence-corrected chi connectivity index (χ3v) is 4.25. The Morgan fingerprint density at radius 3 is 2.86 bits per heavy atom. The number of aliphatic carboxylic acids is 1. The number of nitrogens with zero attached hydrogens (tertiary/aromatic N) is 1. The van der Waals surface area contributed by atoms with Crippen LogP contribution in [0.4, 0.5) is 0 Å². The first-order valence-electron chi connectivity index (χ1n) is 7.57. The van der Waals surface area contributed by atoms with Gasteiger partial charge in [0.15, 0.2) is 0 Å². The zero-order valence-corrected chi connectivity index (χ0v) is 12.4. The Balaban J connectivity index is 1.69. The van der Waals surface area contributed by atoms with Crippen molar-refractivity contribution in [3.8, 4) is 0 Å². The van der Waals surface area contributed by atoms with Gasteiger partial charge in [0, 0.05) is 18.2 Å². The van der Waals surface area contributed by atoms with Gasteiger partial charge in [-0.2, -0.15) is 5.10 Å². The molecule has 3 N–H and O–H groups in total. The number of carboxylic acids is 1.